The van der Waals surface area contributed by atoms with Gasteiger partial charge in [-0.25, -0.2) is 9.67 Å². The number of rotatable bonds is 5. The molecule has 1 aromatic carbocycles. The number of aromatic amines is 1. The summed E-state index contributed by atoms with van der Waals surface area (Å²) in [5.74, 6) is -0.216. The molecule has 7 nitrogen and oxygen atoms in total. The molecule has 0 unspecified atom stereocenters. The number of fused-ring (bicyclic) bond motifs is 1. The SMILES string of the molecule is CCn1ncc2c(C(=O)NCc3ccc(=O)[nH]c3)cc(-c3ccccc3)nc21. The molecule has 0 aliphatic heterocycles. The van der Waals surface area contributed by atoms with Crippen molar-refractivity contribution in [2.24, 2.45) is 0 Å². The van der Waals surface area contributed by atoms with E-state index >= 15 is 0 Å². The summed E-state index contributed by atoms with van der Waals surface area (Å²) in [5, 5.41) is 7.97. The van der Waals surface area contributed by atoms with Crippen LogP contribution in [0.2, 0.25) is 0 Å². The number of benzene rings is 1. The van der Waals surface area contributed by atoms with Gasteiger partial charge >= 0.3 is 0 Å². The van der Waals surface area contributed by atoms with Crippen LogP contribution in [0.1, 0.15) is 22.8 Å². The van der Waals surface area contributed by atoms with Crippen LogP contribution in [0.5, 0.6) is 0 Å². The summed E-state index contributed by atoms with van der Waals surface area (Å²) < 4.78 is 1.78. The van der Waals surface area contributed by atoms with Gasteiger partial charge in [-0.05, 0) is 18.6 Å². The summed E-state index contributed by atoms with van der Waals surface area (Å²) in [6.07, 6.45) is 3.27. The van der Waals surface area contributed by atoms with E-state index in [1.807, 2.05) is 37.3 Å². The Hall–Kier alpha value is -3.74. The number of nitrogens with zero attached hydrogens (tertiary/aromatic N) is 3. The second kappa shape index (κ2) is 7.48. The Balaban J connectivity index is 1.72. The standard InChI is InChI=1S/C21H19N5O2/c1-2-26-20-17(13-24-26)16(10-18(25-20)15-6-4-3-5-7-15)21(28)23-12-14-8-9-19(27)22-11-14/h3-11,13H,2,12H2,1H3,(H,22,27)(H,23,28). The molecule has 2 N–H and O–H groups in total. The Kier molecular flexibility index (Phi) is 4.72. The van der Waals surface area contributed by atoms with Crippen LogP contribution in [0.25, 0.3) is 22.3 Å². The maximum atomic E-state index is 12.9. The predicted octanol–water partition coefficient (Wildman–Crippen LogP) is 2.74. The molecule has 4 rings (SSSR count). The third-order valence-corrected chi connectivity index (χ3v) is 4.52. The minimum Gasteiger partial charge on any atom is -0.348 e. The fraction of sp³-hybridized carbons (Fsp3) is 0.143. The van der Waals surface area contributed by atoms with E-state index in [9.17, 15) is 9.59 Å². The number of nitrogens with one attached hydrogen (secondary N) is 2. The molecule has 0 saturated carbocycles. The van der Waals surface area contributed by atoms with E-state index in [2.05, 4.69) is 15.4 Å². The quantitative estimate of drug-likeness (QED) is 0.563. The maximum absolute atomic E-state index is 12.9. The van der Waals surface area contributed by atoms with Crippen molar-refractivity contribution in [3.05, 3.63) is 82.4 Å². The van der Waals surface area contributed by atoms with E-state index < -0.39 is 0 Å². The highest BCUT2D eigenvalue weighted by Gasteiger charge is 2.17. The number of hydrogen-bond donors (Lipinski definition) is 2. The van der Waals surface area contributed by atoms with Gasteiger partial charge in [0.2, 0.25) is 5.56 Å². The van der Waals surface area contributed by atoms with Gasteiger partial charge in [-0.2, -0.15) is 5.10 Å². The van der Waals surface area contributed by atoms with Crippen molar-refractivity contribution in [3.63, 3.8) is 0 Å². The van der Waals surface area contributed by atoms with Gasteiger partial charge < -0.3 is 10.3 Å². The fourth-order valence-corrected chi connectivity index (χ4v) is 3.05. The molecule has 28 heavy (non-hydrogen) atoms. The van der Waals surface area contributed by atoms with Gasteiger partial charge in [-0.3, -0.25) is 9.59 Å². The summed E-state index contributed by atoms with van der Waals surface area (Å²) in [5.41, 5.74) is 3.49. The van der Waals surface area contributed by atoms with Gasteiger partial charge in [0.05, 0.1) is 22.8 Å². The molecule has 0 bridgehead atoms. The number of aryl methyl sites for hydroxylation is 1. The number of pyridine rings is 2. The zero-order valence-corrected chi connectivity index (χ0v) is 15.3. The molecule has 3 aromatic heterocycles. The van der Waals surface area contributed by atoms with Crippen LogP contribution >= 0.6 is 0 Å². The first-order chi connectivity index (χ1) is 13.7. The molecule has 0 spiro atoms. The summed E-state index contributed by atoms with van der Waals surface area (Å²) >= 11 is 0. The molecule has 0 fully saturated rings. The van der Waals surface area contributed by atoms with Crippen molar-refractivity contribution >= 4 is 16.9 Å². The minimum absolute atomic E-state index is 0.176. The predicted molar refractivity (Wildman–Crippen MR) is 107 cm³/mol. The van der Waals surface area contributed by atoms with E-state index in [4.69, 9.17) is 4.98 Å². The minimum atomic E-state index is -0.216. The van der Waals surface area contributed by atoms with Crippen LogP contribution < -0.4 is 10.9 Å². The number of carbonyl (C=O) groups excluding carboxylic acids is 1. The molecule has 0 aliphatic rings. The largest absolute Gasteiger partial charge is 0.348 e. The first-order valence-corrected chi connectivity index (χ1v) is 9.03. The van der Waals surface area contributed by atoms with E-state index in [1.165, 1.54) is 6.07 Å². The molecular formula is C21H19N5O2. The number of carbonyl (C=O) groups is 1. The summed E-state index contributed by atoms with van der Waals surface area (Å²) in [4.78, 5) is 31.4. The lowest BCUT2D eigenvalue weighted by Crippen LogP contribution is -2.23. The van der Waals surface area contributed by atoms with Crippen LogP contribution in [-0.4, -0.2) is 25.7 Å². The number of hydrogen-bond acceptors (Lipinski definition) is 4. The zero-order chi connectivity index (χ0) is 19.5. The highest BCUT2D eigenvalue weighted by Crippen LogP contribution is 2.25. The number of H-pyrrole nitrogens is 1. The van der Waals surface area contributed by atoms with Gasteiger partial charge in [-0.15, -0.1) is 0 Å². The van der Waals surface area contributed by atoms with Crippen molar-refractivity contribution in [2.75, 3.05) is 0 Å². The first-order valence-electron chi connectivity index (χ1n) is 9.03. The normalized spacial score (nSPS) is 10.9. The van der Waals surface area contributed by atoms with Crippen molar-refractivity contribution in [2.45, 2.75) is 20.0 Å². The molecule has 0 saturated heterocycles. The average molecular weight is 373 g/mol. The van der Waals surface area contributed by atoms with Crippen molar-refractivity contribution < 1.29 is 4.79 Å². The Morgan fingerprint density at radius 3 is 2.71 bits per heavy atom. The molecular weight excluding hydrogens is 354 g/mol. The van der Waals surface area contributed by atoms with Crippen LogP contribution in [-0.2, 0) is 13.1 Å². The first kappa shape index (κ1) is 17.7. The van der Waals surface area contributed by atoms with Crippen LogP contribution in [0, 0.1) is 0 Å². The lowest BCUT2D eigenvalue weighted by Gasteiger charge is -2.09. The topological polar surface area (TPSA) is 92.7 Å². The van der Waals surface area contributed by atoms with E-state index in [0.717, 1.165) is 16.8 Å². The Labute approximate surface area is 161 Å². The van der Waals surface area contributed by atoms with Gasteiger partial charge in [0.15, 0.2) is 5.65 Å². The molecule has 140 valence electrons. The van der Waals surface area contributed by atoms with E-state index in [1.54, 1.807) is 29.2 Å². The van der Waals surface area contributed by atoms with Crippen LogP contribution in [0.3, 0.4) is 0 Å². The lowest BCUT2D eigenvalue weighted by molar-refractivity contribution is 0.0952. The molecule has 1 amide bonds. The van der Waals surface area contributed by atoms with E-state index in [0.29, 0.717) is 29.7 Å². The fourth-order valence-electron chi connectivity index (χ4n) is 3.05. The molecule has 3 heterocycles. The van der Waals surface area contributed by atoms with Crippen molar-refractivity contribution in [1.82, 2.24) is 25.1 Å². The Morgan fingerprint density at radius 2 is 2.00 bits per heavy atom. The van der Waals surface area contributed by atoms with Gasteiger partial charge in [0, 0.05) is 30.9 Å². The van der Waals surface area contributed by atoms with Crippen LogP contribution in [0.4, 0.5) is 0 Å². The Morgan fingerprint density at radius 1 is 1.18 bits per heavy atom. The molecule has 0 aliphatic carbocycles. The Bertz CT molecular complexity index is 1170. The maximum Gasteiger partial charge on any atom is 0.252 e. The molecule has 0 atom stereocenters. The smallest absolute Gasteiger partial charge is 0.252 e. The highest BCUT2D eigenvalue weighted by atomic mass is 16.1. The second-order valence-corrected chi connectivity index (χ2v) is 6.36. The average Bonchev–Trinajstić information content (AvgIpc) is 3.16. The number of amides is 1. The van der Waals surface area contributed by atoms with Crippen molar-refractivity contribution in [3.8, 4) is 11.3 Å². The lowest BCUT2D eigenvalue weighted by atomic mass is 10.1. The molecule has 7 heteroatoms. The number of aromatic nitrogens is 4. The van der Waals surface area contributed by atoms with Gasteiger partial charge in [-0.1, -0.05) is 36.4 Å². The summed E-state index contributed by atoms with van der Waals surface area (Å²) in [6.45, 7) is 2.95. The summed E-state index contributed by atoms with van der Waals surface area (Å²) in [7, 11) is 0. The summed E-state index contributed by atoms with van der Waals surface area (Å²) in [6, 6.07) is 14.7. The van der Waals surface area contributed by atoms with Crippen molar-refractivity contribution in [1.29, 1.82) is 0 Å². The second-order valence-electron chi connectivity index (χ2n) is 6.36. The molecule has 0 radical (unpaired) electrons. The third-order valence-electron chi connectivity index (χ3n) is 4.52. The van der Waals surface area contributed by atoms with Crippen LogP contribution in [0.15, 0.2) is 65.7 Å². The zero-order valence-electron chi connectivity index (χ0n) is 15.3. The third kappa shape index (κ3) is 3.42. The van der Waals surface area contributed by atoms with E-state index in [-0.39, 0.29) is 11.5 Å². The highest BCUT2D eigenvalue weighted by molar-refractivity contribution is 6.06. The monoisotopic (exact) mass is 373 g/mol. The van der Waals surface area contributed by atoms with Gasteiger partial charge in [0.1, 0.15) is 0 Å². The van der Waals surface area contributed by atoms with Gasteiger partial charge in [0.25, 0.3) is 5.91 Å². The molecule has 4 aromatic rings.